The van der Waals surface area contributed by atoms with Crippen molar-refractivity contribution < 1.29 is 14.3 Å². The molecule has 2 aliphatic heterocycles. The number of anilines is 2. The first kappa shape index (κ1) is 16.0. The van der Waals surface area contributed by atoms with Gasteiger partial charge in [-0.2, -0.15) is 11.8 Å². The van der Waals surface area contributed by atoms with Crippen LogP contribution >= 0.6 is 11.8 Å². The van der Waals surface area contributed by atoms with Crippen molar-refractivity contribution in [2.24, 2.45) is 0 Å². The van der Waals surface area contributed by atoms with Crippen molar-refractivity contribution in [3.63, 3.8) is 0 Å². The van der Waals surface area contributed by atoms with Crippen molar-refractivity contribution in [1.29, 1.82) is 0 Å². The van der Waals surface area contributed by atoms with Gasteiger partial charge in [0.2, 0.25) is 0 Å². The van der Waals surface area contributed by atoms with Gasteiger partial charge >= 0.3 is 12.1 Å². The zero-order valence-corrected chi connectivity index (χ0v) is 14.1. The average molecular weight is 335 g/mol. The van der Waals surface area contributed by atoms with Gasteiger partial charge in [-0.15, -0.1) is 0 Å². The number of carbonyl (C=O) groups excluding carboxylic acids is 2. The third-order valence-corrected chi connectivity index (χ3v) is 5.65. The molecule has 0 aromatic heterocycles. The van der Waals surface area contributed by atoms with Crippen LogP contribution in [0.2, 0.25) is 0 Å². The number of thioether (sulfide) groups is 1. The van der Waals surface area contributed by atoms with Crippen molar-refractivity contribution in [3.05, 3.63) is 24.3 Å². The fourth-order valence-corrected chi connectivity index (χ4v) is 3.89. The SMILES string of the molecule is C[C@H]1SCCN(C(=O)Nc2cccc(N3CCOC3=O)c2)[C@H]1C. The van der Waals surface area contributed by atoms with Gasteiger partial charge in [-0.3, -0.25) is 4.90 Å². The number of carbonyl (C=O) groups is 2. The summed E-state index contributed by atoms with van der Waals surface area (Å²) in [5.74, 6) is 0.957. The van der Waals surface area contributed by atoms with E-state index in [-0.39, 0.29) is 18.2 Å². The summed E-state index contributed by atoms with van der Waals surface area (Å²) in [6, 6.07) is 7.41. The number of ether oxygens (including phenoxy) is 1. The lowest BCUT2D eigenvalue weighted by molar-refractivity contribution is 0.181. The van der Waals surface area contributed by atoms with E-state index in [9.17, 15) is 9.59 Å². The van der Waals surface area contributed by atoms with E-state index in [1.165, 1.54) is 0 Å². The van der Waals surface area contributed by atoms with Gasteiger partial charge in [0.1, 0.15) is 6.61 Å². The van der Waals surface area contributed by atoms with Crippen LogP contribution in [0, 0.1) is 0 Å². The first-order valence-electron chi connectivity index (χ1n) is 7.80. The van der Waals surface area contributed by atoms with Gasteiger partial charge in [0, 0.05) is 35.0 Å². The summed E-state index contributed by atoms with van der Waals surface area (Å²) in [7, 11) is 0. The molecule has 124 valence electrons. The van der Waals surface area contributed by atoms with Crippen LogP contribution in [-0.4, -0.2) is 53.8 Å². The monoisotopic (exact) mass is 335 g/mol. The highest BCUT2D eigenvalue weighted by molar-refractivity contribution is 8.00. The maximum atomic E-state index is 12.5. The Morgan fingerprint density at radius 2 is 2.17 bits per heavy atom. The van der Waals surface area contributed by atoms with Crippen LogP contribution in [0.3, 0.4) is 0 Å². The van der Waals surface area contributed by atoms with E-state index in [1.807, 2.05) is 34.9 Å². The van der Waals surface area contributed by atoms with Crippen LogP contribution in [0.1, 0.15) is 13.8 Å². The molecular formula is C16H21N3O3S. The molecule has 0 radical (unpaired) electrons. The maximum absolute atomic E-state index is 12.5. The number of urea groups is 1. The number of rotatable bonds is 2. The van der Waals surface area contributed by atoms with Gasteiger partial charge in [-0.05, 0) is 25.1 Å². The zero-order valence-electron chi connectivity index (χ0n) is 13.3. The molecule has 0 spiro atoms. The quantitative estimate of drug-likeness (QED) is 0.902. The van der Waals surface area contributed by atoms with Gasteiger partial charge in [-0.1, -0.05) is 13.0 Å². The van der Waals surface area contributed by atoms with E-state index >= 15 is 0 Å². The van der Waals surface area contributed by atoms with Crippen molar-refractivity contribution in [1.82, 2.24) is 4.90 Å². The molecule has 3 rings (SSSR count). The number of nitrogens with one attached hydrogen (secondary N) is 1. The highest BCUT2D eigenvalue weighted by Gasteiger charge is 2.29. The van der Waals surface area contributed by atoms with Crippen LogP contribution in [0.5, 0.6) is 0 Å². The zero-order chi connectivity index (χ0) is 16.4. The van der Waals surface area contributed by atoms with Gasteiger partial charge in [0.05, 0.1) is 6.54 Å². The Kier molecular flexibility index (Phi) is 4.66. The minimum atomic E-state index is -0.344. The smallest absolute Gasteiger partial charge is 0.414 e. The molecule has 0 aliphatic carbocycles. The van der Waals surface area contributed by atoms with Gasteiger partial charge in [-0.25, -0.2) is 9.59 Å². The molecule has 0 saturated carbocycles. The highest BCUT2D eigenvalue weighted by Crippen LogP contribution is 2.26. The minimum Gasteiger partial charge on any atom is -0.447 e. The summed E-state index contributed by atoms with van der Waals surface area (Å²) in [5, 5.41) is 3.37. The molecule has 2 fully saturated rings. The second-order valence-corrected chi connectivity index (χ2v) is 7.24. The highest BCUT2D eigenvalue weighted by atomic mass is 32.2. The van der Waals surface area contributed by atoms with E-state index < -0.39 is 0 Å². The first-order valence-corrected chi connectivity index (χ1v) is 8.85. The molecule has 0 bridgehead atoms. The molecule has 1 aromatic rings. The molecule has 2 heterocycles. The molecular weight excluding hydrogens is 314 g/mol. The summed E-state index contributed by atoms with van der Waals surface area (Å²) >= 11 is 1.89. The lowest BCUT2D eigenvalue weighted by Gasteiger charge is -2.37. The summed E-state index contributed by atoms with van der Waals surface area (Å²) in [6.07, 6.45) is -0.344. The number of cyclic esters (lactones) is 1. The van der Waals surface area contributed by atoms with Crippen LogP contribution in [0.15, 0.2) is 24.3 Å². The second-order valence-electron chi connectivity index (χ2n) is 5.76. The number of nitrogens with zero attached hydrogens (tertiary/aromatic N) is 2. The fraction of sp³-hybridized carbons (Fsp3) is 0.500. The Labute approximate surface area is 140 Å². The summed E-state index contributed by atoms with van der Waals surface area (Å²) in [4.78, 5) is 27.6. The van der Waals surface area contributed by atoms with E-state index in [4.69, 9.17) is 4.74 Å². The van der Waals surface area contributed by atoms with E-state index in [0.29, 0.717) is 24.1 Å². The Morgan fingerprint density at radius 1 is 1.35 bits per heavy atom. The van der Waals surface area contributed by atoms with Gasteiger partial charge < -0.3 is 15.0 Å². The molecule has 2 atom stereocenters. The minimum absolute atomic E-state index is 0.0919. The topological polar surface area (TPSA) is 61.9 Å². The molecule has 1 N–H and O–H groups in total. The van der Waals surface area contributed by atoms with Crippen LogP contribution in [0.25, 0.3) is 0 Å². The summed E-state index contributed by atoms with van der Waals surface area (Å²) in [5.41, 5.74) is 1.42. The van der Waals surface area contributed by atoms with Crippen molar-refractivity contribution in [2.45, 2.75) is 25.1 Å². The Balaban J connectivity index is 1.70. The van der Waals surface area contributed by atoms with Crippen LogP contribution in [0.4, 0.5) is 21.0 Å². The van der Waals surface area contributed by atoms with Crippen LogP contribution in [-0.2, 0) is 4.74 Å². The van der Waals surface area contributed by atoms with Gasteiger partial charge in [0.25, 0.3) is 0 Å². The molecule has 2 saturated heterocycles. The van der Waals surface area contributed by atoms with E-state index in [2.05, 4.69) is 19.2 Å². The Morgan fingerprint density at radius 3 is 2.91 bits per heavy atom. The fourth-order valence-electron chi connectivity index (χ4n) is 2.79. The maximum Gasteiger partial charge on any atom is 0.414 e. The molecule has 3 amide bonds. The number of benzene rings is 1. The summed E-state index contributed by atoms with van der Waals surface area (Å²) in [6.45, 7) is 5.91. The lowest BCUT2D eigenvalue weighted by Crippen LogP contribution is -2.49. The number of hydrogen-bond acceptors (Lipinski definition) is 4. The third kappa shape index (κ3) is 3.39. The van der Waals surface area contributed by atoms with E-state index in [1.54, 1.807) is 11.0 Å². The number of amides is 3. The Hall–Kier alpha value is -1.89. The normalized spacial score (nSPS) is 24.5. The van der Waals surface area contributed by atoms with E-state index in [0.717, 1.165) is 18.0 Å². The summed E-state index contributed by atoms with van der Waals surface area (Å²) < 4.78 is 4.95. The molecule has 2 aliphatic rings. The van der Waals surface area contributed by atoms with Crippen molar-refractivity contribution in [2.75, 3.05) is 35.7 Å². The predicted molar refractivity (Wildman–Crippen MR) is 92.2 cm³/mol. The molecule has 7 heteroatoms. The van der Waals surface area contributed by atoms with Gasteiger partial charge in [0.15, 0.2) is 0 Å². The lowest BCUT2D eigenvalue weighted by atomic mass is 10.2. The first-order chi connectivity index (χ1) is 11.1. The van der Waals surface area contributed by atoms with Crippen molar-refractivity contribution in [3.8, 4) is 0 Å². The molecule has 6 nitrogen and oxygen atoms in total. The second kappa shape index (κ2) is 6.70. The largest absolute Gasteiger partial charge is 0.447 e. The van der Waals surface area contributed by atoms with Crippen molar-refractivity contribution >= 4 is 35.3 Å². The molecule has 23 heavy (non-hydrogen) atoms. The molecule has 1 aromatic carbocycles. The molecule has 0 unspecified atom stereocenters. The predicted octanol–water partition coefficient (Wildman–Crippen LogP) is 3.00. The number of hydrogen-bond donors (Lipinski definition) is 1. The Bertz CT molecular complexity index is 610. The third-order valence-electron chi connectivity index (χ3n) is 4.31. The standard InChI is InChI=1S/C16H21N3O3S/c1-11-12(2)23-9-7-18(11)15(20)17-13-4-3-5-14(10-13)19-6-8-22-16(19)21/h3-5,10-12H,6-9H2,1-2H3,(H,17,20)/t11-,12+/m0/s1. The van der Waals surface area contributed by atoms with Crippen LogP contribution < -0.4 is 10.2 Å². The average Bonchev–Trinajstić information content (AvgIpc) is 2.96.